The van der Waals surface area contributed by atoms with E-state index in [9.17, 15) is 22.4 Å². The van der Waals surface area contributed by atoms with Crippen molar-refractivity contribution in [2.24, 2.45) is 0 Å². The van der Waals surface area contributed by atoms with Crippen molar-refractivity contribution >= 4 is 5.97 Å². The molecule has 5 nitrogen and oxygen atoms in total. The van der Waals surface area contributed by atoms with Crippen LogP contribution in [0.15, 0.2) is 48.8 Å². The van der Waals surface area contributed by atoms with E-state index in [1.54, 1.807) is 6.07 Å². The van der Waals surface area contributed by atoms with Crippen molar-refractivity contribution in [3.8, 4) is 5.82 Å². The van der Waals surface area contributed by atoms with Crippen molar-refractivity contribution in [1.29, 1.82) is 0 Å². The van der Waals surface area contributed by atoms with Crippen LogP contribution in [0.4, 0.5) is 17.6 Å². The Labute approximate surface area is 144 Å². The highest BCUT2D eigenvalue weighted by Gasteiger charge is 2.31. The van der Waals surface area contributed by atoms with Gasteiger partial charge in [0.05, 0.1) is 5.56 Å². The molecule has 2 heterocycles. The van der Waals surface area contributed by atoms with E-state index in [1.165, 1.54) is 29.2 Å². The molecule has 26 heavy (non-hydrogen) atoms. The summed E-state index contributed by atoms with van der Waals surface area (Å²) in [4.78, 5) is 14.9. The highest BCUT2D eigenvalue weighted by molar-refractivity contribution is 5.85. The molecule has 0 unspecified atom stereocenters. The molecule has 0 saturated carbocycles. The Morgan fingerprint density at radius 1 is 1.12 bits per heavy atom. The number of aromatic carboxylic acids is 1. The molecule has 0 amide bonds. The molecule has 9 heteroatoms. The summed E-state index contributed by atoms with van der Waals surface area (Å²) in [5, 5.41) is 12.7. The number of pyridine rings is 1. The molecule has 0 saturated heterocycles. The van der Waals surface area contributed by atoms with Crippen molar-refractivity contribution in [3.05, 3.63) is 77.0 Å². The zero-order valence-electron chi connectivity index (χ0n) is 13.0. The van der Waals surface area contributed by atoms with Gasteiger partial charge >= 0.3 is 12.1 Å². The standard InChI is InChI=1S/C17H11F4N3O2/c18-13-7-11(6-12(9-13)17(19,20)21)5-10-1-3-22-15(8-10)24-4-2-14(23-24)16(25)26/h1-4,6-9H,5H2,(H,25,26). The van der Waals surface area contributed by atoms with Gasteiger partial charge in [-0.1, -0.05) is 0 Å². The lowest BCUT2D eigenvalue weighted by molar-refractivity contribution is -0.137. The number of benzene rings is 1. The van der Waals surface area contributed by atoms with Gasteiger partial charge in [0.1, 0.15) is 5.82 Å². The maximum atomic E-state index is 13.5. The quantitative estimate of drug-likeness (QED) is 0.716. The third-order valence-corrected chi connectivity index (χ3v) is 3.55. The second-order valence-electron chi connectivity index (χ2n) is 5.50. The zero-order valence-corrected chi connectivity index (χ0v) is 13.0. The molecule has 0 aliphatic carbocycles. The molecule has 1 N–H and O–H groups in total. The van der Waals surface area contributed by atoms with Crippen LogP contribution in [0.3, 0.4) is 0 Å². The molecular weight excluding hydrogens is 354 g/mol. The molecule has 1 aromatic carbocycles. The minimum Gasteiger partial charge on any atom is -0.476 e. The molecule has 0 aliphatic heterocycles. The van der Waals surface area contributed by atoms with E-state index in [1.807, 2.05) is 0 Å². The topological polar surface area (TPSA) is 68.0 Å². The maximum absolute atomic E-state index is 13.5. The number of carboxylic acid groups (broad SMARTS) is 1. The normalized spacial score (nSPS) is 11.5. The summed E-state index contributed by atoms with van der Waals surface area (Å²) in [7, 11) is 0. The average molecular weight is 365 g/mol. The van der Waals surface area contributed by atoms with Crippen LogP contribution < -0.4 is 0 Å². The predicted octanol–water partition coefficient (Wildman–Crippen LogP) is 3.71. The number of nitrogens with zero attached hydrogens (tertiary/aromatic N) is 3. The van der Waals surface area contributed by atoms with Gasteiger partial charge in [-0.25, -0.2) is 18.9 Å². The Kier molecular flexibility index (Phi) is 4.45. The molecule has 0 bridgehead atoms. The number of carbonyl (C=O) groups is 1. The molecule has 3 rings (SSSR count). The van der Waals surface area contributed by atoms with Crippen molar-refractivity contribution < 1.29 is 27.5 Å². The predicted molar refractivity (Wildman–Crippen MR) is 82.5 cm³/mol. The Morgan fingerprint density at radius 2 is 1.88 bits per heavy atom. The largest absolute Gasteiger partial charge is 0.476 e. The van der Waals surface area contributed by atoms with Crippen molar-refractivity contribution in [1.82, 2.24) is 14.8 Å². The van der Waals surface area contributed by atoms with Gasteiger partial charge < -0.3 is 5.11 Å². The van der Waals surface area contributed by atoms with E-state index < -0.39 is 23.5 Å². The number of hydrogen-bond acceptors (Lipinski definition) is 3. The Hall–Kier alpha value is -3.23. The average Bonchev–Trinajstić information content (AvgIpc) is 3.04. The van der Waals surface area contributed by atoms with Crippen molar-refractivity contribution in [2.45, 2.75) is 12.6 Å². The Morgan fingerprint density at radius 3 is 2.54 bits per heavy atom. The Bertz CT molecular complexity index is 967. The van der Waals surface area contributed by atoms with Crippen LogP contribution in [-0.2, 0) is 12.6 Å². The molecule has 0 atom stereocenters. The summed E-state index contributed by atoms with van der Waals surface area (Å²) >= 11 is 0. The summed E-state index contributed by atoms with van der Waals surface area (Å²) in [6.07, 6.45) is -1.78. The number of rotatable bonds is 4. The number of alkyl halides is 3. The number of hydrogen-bond donors (Lipinski definition) is 1. The van der Waals surface area contributed by atoms with Crippen LogP contribution in [0, 0.1) is 5.82 Å². The zero-order chi connectivity index (χ0) is 18.9. The molecule has 2 aromatic heterocycles. The highest BCUT2D eigenvalue weighted by Crippen LogP contribution is 2.31. The van der Waals surface area contributed by atoms with Gasteiger partial charge in [0, 0.05) is 12.4 Å². The van der Waals surface area contributed by atoms with Gasteiger partial charge in [-0.05, 0) is 53.9 Å². The van der Waals surface area contributed by atoms with Crippen LogP contribution in [-0.4, -0.2) is 25.8 Å². The fourth-order valence-corrected chi connectivity index (χ4v) is 2.41. The molecule has 0 radical (unpaired) electrons. The third-order valence-electron chi connectivity index (χ3n) is 3.55. The molecular formula is C17H11F4N3O2. The summed E-state index contributed by atoms with van der Waals surface area (Å²) < 4.78 is 53.1. The molecule has 0 aliphatic rings. The van der Waals surface area contributed by atoms with E-state index in [-0.39, 0.29) is 17.7 Å². The lowest BCUT2D eigenvalue weighted by Gasteiger charge is -2.10. The fraction of sp³-hybridized carbons (Fsp3) is 0.118. The van der Waals surface area contributed by atoms with Gasteiger partial charge in [0.2, 0.25) is 0 Å². The lowest BCUT2D eigenvalue weighted by Crippen LogP contribution is -2.07. The van der Waals surface area contributed by atoms with E-state index in [0.29, 0.717) is 17.4 Å². The van der Waals surface area contributed by atoms with Gasteiger partial charge in [-0.3, -0.25) is 0 Å². The molecule has 0 fully saturated rings. The summed E-state index contributed by atoms with van der Waals surface area (Å²) in [6, 6.07) is 6.77. The second-order valence-corrected chi connectivity index (χ2v) is 5.50. The molecule has 0 spiro atoms. The van der Waals surface area contributed by atoms with Crippen LogP contribution in [0.1, 0.15) is 27.2 Å². The van der Waals surface area contributed by atoms with Crippen molar-refractivity contribution in [2.75, 3.05) is 0 Å². The summed E-state index contributed by atoms with van der Waals surface area (Å²) in [6.45, 7) is 0. The van der Waals surface area contributed by atoms with Gasteiger partial charge in [0.15, 0.2) is 11.5 Å². The van der Waals surface area contributed by atoms with Crippen LogP contribution >= 0.6 is 0 Å². The third kappa shape index (κ3) is 3.88. The smallest absolute Gasteiger partial charge is 0.416 e. The van der Waals surface area contributed by atoms with E-state index >= 15 is 0 Å². The summed E-state index contributed by atoms with van der Waals surface area (Å²) in [5.74, 6) is -1.87. The first-order valence-corrected chi connectivity index (χ1v) is 7.33. The summed E-state index contributed by atoms with van der Waals surface area (Å²) in [5.41, 5.74) is -0.501. The first-order valence-electron chi connectivity index (χ1n) is 7.33. The Balaban J connectivity index is 1.89. The highest BCUT2D eigenvalue weighted by atomic mass is 19.4. The maximum Gasteiger partial charge on any atom is 0.416 e. The number of carboxylic acids is 1. The first-order chi connectivity index (χ1) is 12.2. The van der Waals surface area contributed by atoms with E-state index in [2.05, 4.69) is 10.1 Å². The lowest BCUT2D eigenvalue weighted by atomic mass is 10.0. The fourth-order valence-electron chi connectivity index (χ4n) is 2.41. The van der Waals surface area contributed by atoms with Gasteiger partial charge in [0.25, 0.3) is 0 Å². The van der Waals surface area contributed by atoms with Gasteiger partial charge in [-0.15, -0.1) is 0 Å². The van der Waals surface area contributed by atoms with Crippen LogP contribution in [0.25, 0.3) is 5.82 Å². The number of aromatic nitrogens is 3. The van der Waals surface area contributed by atoms with Crippen molar-refractivity contribution in [3.63, 3.8) is 0 Å². The second kappa shape index (κ2) is 6.58. The van der Waals surface area contributed by atoms with E-state index in [0.717, 1.165) is 12.1 Å². The SMILES string of the molecule is O=C(O)c1ccn(-c2cc(Cc3cc(F)cc(C(F)(F)F)c3)ccn2)n1. The monoisotopic (exact) mass is 365 g/mol. The van der Waals surface area contributed by atoms with Crippen LogP contribution in [0.2, 0.25) is 0 Å². The van der Waals surface area contributed by atoms with Gasteiger partial charge in [-0.2, -0.15) is 18.3 Å². The number of halogens is 4. The minimum absolute atomic E-state index is 0.0451. The molecule has 134 valence electrons. The minimum atomic E-state index is -4.64. The van der Waals surface area contributed by atoms with E-state index in [4.69, 9.17) is 5.11 Å². The molecule has 3 aromatic rings. The van der Waals surface area contributed by atoms with Crippen LogP contribution in [0.5, 0.6) is 0 Å². The first kappa shape index (κ1) is 17.6.